The van der Waals surface area contributed by atoms with Gasteiger partial charge in [-0.2, -0.15) is 0 Å². The zero-order valence-electron chi connectivity index (χ0n) is 9.10. The Morgan fingerprint density at radius 3 is 2.72 bits per heavy atom. The second-order valence-corrected chi connectivity index (χ2v) is 4.33. The van der Waals surface area contributed by atoms with Crippen LogP contribution in [0.4, 0.5) is 15.8 Å². The van der Waals surface area contributed by atoms with Gasteiger partial charge in [-0.25, -0.2) is 4.39 Å². The molecule has 2 N–H and O–H groups in total. The first-order valence-electron chi connectivity index (χ1n) is 5.10. The number of nitro groups is 1. The number of anilines is 1. The van der Waals surface area contributed by atoms with Crippen molar-refractivity contribution in [2.45, 2.75) is 12.5 Å². The summed E-state index contributed by atoms with van der Waals surface area (Å²) in [4.78, 5) is 22.9. The van der Waals surface area contributed by atoms with E-state index in [9.17, 15) is 19.3 Å². The molecule has 8 heteroatoms. The third kappa shape index (κ3) is 2.02. The van der Waals surface area contributed by atoms with Crippen LogP contribution in [0.1, 0.15) is 6.42 Å². The Kier molecular flexibility index (Phi) is 3.18. The Labute approximate surface area is 106 Å². The van der Waals surface area contributed by atoms with Gasteiger partial charge in [-0.15, -0.1) is 0 Å². The van der Waals surface area contributed by atoms with Gasteiger partial charge in [0.15, 0.2) is 0 Å². The number of nitrogens with two attached hydrogens (primary N) is 1. The minimum atomic E-state index is -0.814. The predicted octanol–water partition coefficient (Wildman–Crippen LogP) is 1.45. The Hall–Kier alpha value is -1.73. The summed E-state index contributed by atoms with van der Waals surface area (Å²) in [6.45, 7) is 0.0862. The van der Waals surface area contributed by atoms with Crippen LogP contribution >= 0.6 is 11.6 Å². The Bertz CT molecular complexity index is 537. The lowest BCUT2D eigenvalue weighted by Crippen LogP contribution is -2.29. The van der Waals surface area contributed by atoms with Crippen molar-refractivity contribution in [3.8, 4) is 0 Å². The number of rotatable bonds is 2. The number of nitrogens with zero attached hydrogens (tertiary/aromatic N) is 2. The normalized spacial score (nSPS) is 19.4. The van der Waals surface area contributed by atoms with Crippen LogP contribution in [-0.2, 0) is 4.79 Å². The number of carbonyl (C=O) groups excluding carboxylic acids is 1. The first-order chi connectivity index (χ1) is 8.41. The van der Waals surface area contributed by atoms with Crippen molar-refractivity contribution >= 4 is 28.9 Å². The number of hydrogen-bond acceptors (Lipinski definition) is 4. The number of nitro benzene ring substituents is 1. The molecule has 0 spiro atoms. The highest BCUT2D eigenvalue weighted by Crippen LogP contribution is 2.39. The van der Waals surface area contributed by atoms with Crippen molar-refractivity contribution in [3.63, 3.8) is 0 Å². The van der Waals surface area contributed by atoms with E-state index in [0.29, 0.717) is 0 Å². The van der Waals surface area contributed by atoms with Crippen molar-refractivity contribution in [2.75, 3.05) is 11.4 Å². The average molecular weight is 274 g/mol. The van der Waals surface area contributed by atoms with Crippen LogP contribution in [0.15, 0.2) is 12.1 Å². The van der Waals surface area contributed by atoms with Gasteiger partial charge in [-0.3, -0.25) is 14.9 Å². The standard InChI is InChI=1S/C10H9ClFN3O3/c11-9-6(12)1-2-7(15(17)18)10(9)14-4-5(13)3-8(14)16/h1-2,5H,3-4,13H2. The molecule has 2 rings (SSSR count). The maximum absolute atomic E-state index is 13.4. The third-order valence-electron chi connectivity index (χ3n) is 2.67. The summed E-state index contributed by atoms with van der Waals surface area (Å²) in [6.07, 6.45) is 0.0595. The Balaban J connectivity index is 2.58. The summed E-state index contributed by atoms with van der Waals surface area (Å²) in [7, 11) is 0. The second-order valence-electron chi connectivity index (χ2n) is 3.95. The van der Waals surface area contributed by atoms with Crippen LogP contribution in [0.3, 0.4) is 0 Å². The largest absolute Gasteiger partial charge is 0.326 e. The van der Waals surface area contributed by atoms with Crippen LogP contribution < -0.4 is 10.6 Å². The van der Waals surface area contributed by atoms with E-state index in [1.807, 2.05) is 0 Å². The number of amides is 1. The molecular formula is C10H9ClFN3O3. The molecule has 1 aliphatic rings. The van der Waals surface area contributed by atoms with Crippen molar-refractivity contribution in [2.24, 2.45) is 5.73 Å². The second kappa shape index (κ2) is 4.51. The van der Waals surface area contributed by atoms with Gasteiger partial charge in [-0.1, -0.05) is 11.6 Å². The van der Waals surface area contributed by atoms with E-state index in [2.05, 4.69) is 0 Å². The fourth-order valence-corrected chi connectivity index (χ4v) is 2.15. The lowest BCUT2D eigenvalue weighted by atomic mass is 10.2. The van der Waals surface area contributed by atoms with Crippen LogP contribution in [0.5, 0.6) is 0 Å². The van der Waals surface area contributed by atoms with E-state index in [1.54, 1.807) is 0 Å². The van der Waals surface area contributed by atoms with Crippen molar-refractivity contribution in [1.29, 1.82) is 0 Å². The van der Waals surface area contributed by atoms with Gasteiger partial charge in [0.25, 0.3) is 5.69 Å². The van der Waals surface area contributed by atoms with Gasteiger partial charge in [0.1, 0.15) is 16.5 Å². The van der Waals surface area contributed by atoms with E-state index in [-0.39, 0.29) is 18.7 Å². The molecule has 1 aromatic rings. The van der Waals surface area contributed by atoms with Crippen molar-refractivity contribution in [3.05, 3.63) is 33.1 Å². The fraction of sp³-hybridized carbons (Fsp3) is 0.300. The minimum Gasteiger partial charge on any atom is -0.326 e. The first kappa shape index (κ1) is 12.7. The molecule has 1 unspecified atom stereocenters. The zero-order valence-corrected chi connectivity index (χ0v) is 9.85. The summed E-state index contributed by atoms with van der Waals surface area (Å²) in [5, 5.41) is 10.4. The van der Waals surface area contributed by atoms with Gasteiger partial charge in [0.05, 0.1) is 4.92 Å². The topological polar surface area (TPSA) is 89.5 Å². The molecule has 0 bridgehead atoms. The lowest BCUT2D eigenvalue weighted by Gasteiger charge is -2.17. The summed E-state index contributed by atoms with van der Waals surface area (Å²) < 4.78 is 13.4. The molecule has 96 valence electrons. The Morgan fingerprint density at radius 2 is 2.22 bits per heavy atom. The summed E-state index contributed by atoms with van der Waals surface area (Å²) in [6, 6.07) is 1.44. The zero-order chi connectivity index (χ0) is 13.4. The molecule has 0 aromatic heterocycles. The number of carbonyl (C=O) groups is 1. The van der Waals surface area contributed by atoms with Gasteiger partial charge < -0.3 is 10.6 Å². The average Bonchev–Trinajstić information content (AvgIpc) is 2.61. The lowest BCUT2D eigenvalue weighted by molar-refractivity contribution is -0.384. The van der Waals surface area contributed by atoms with Crippen LogP contribution in [0, 0.1) is 15.9 Å². The van der Waals surface area contributed by atoms with E-state index in [1.165, 1.54) is 0 Å². The van der Waals surface area contributed by atoms with Crippen LogP contribution in [0.2, 0.25) is 5.02 Å². The molecule has 1 fully saturated rings. The summed E-state index contributed by atoms with van der Waals surface area (Å²) in [5.74, 6) is -1.22. The predicted molar refractivity (Wildman–Crippen MR) is 63.0 cm³/mol. The fourth-order valence-electron chi connectivity index (χ4n) is 1.89. The number of benzene rings is 1. The van der Waals surface area contributed by atoms with E-state index in [0.717, 1.165) is 17.0 Å². The molecule has 1 aromatic carbocycles. The molecule has 6 nitrogen and oxygen atoms in total. The van der Waals surface area contributed by atoms with E-state index >= 15 is 0 Å². The van der Waals surface area contributed by atoms with Crippen molar-refractivity contribution < 1.29 is 14.1 Å². The highest BCUT2D eigenvalue weighted by molar-refractivity contribution is 6.34. The Morgan fingerprint density at radius 1 is 1.56 bits per heavy atom. The monoisotopic (exact) mass is 273 g/mol. The van der Waals surface area contributed by atoms with Crippen LogP contribution in [-0.4, -0.2) is 23.4 Å². The molecule has 1 heterocycles. The van der Waals surface area contributed by atoms with Gasteiger partial charge in [-0.05, 0) is 6.07 Å². The van der Waals surface area contributed by atoms with Crippen LogP contribution in [0.25, 0.3) is 0 Å². The van der Waals surface area contributed by atoms with Crippen molar-refractivity contribution in [1.82, 2.24) is 0 Å². The number of halogens is 2. The molecule has 1 aliphatic heterocycles. The number of hydrogen-bond donors (Lipinski definition) is 1. The molecular weight excluding hydrogens is 265 g/mol. The van der Waals surface area contributed by atoms with E-state index < -0.39 is 33.4 Å². The molecule has 0 aliphatic carbocycles. The summed E-state index contributed by atoms with van der Waals surface area (Å²) in [5.41, 5.74) is 4.96. The van der Waals surface area contributed by atoms with E-state index in [4.69, 9.17) is 17.3 Å². The first-order valence-corrected chi connectivity index (χ1v) is 5.48. The van der Waals surface area contributed by atoms with Gasteiger partial charge in [0.2, 0.25) is 5.91 Å². The SMILES string of the molecule is NC1CC(=O)N(c2c([N+](=O)[O-])ccc(F)c2Cl)C1. The maximum atomic E-state index is 13.4. The molecule has 1 saturated heterocycles. The van der Waals surface area contributed by atoms with Gasteiger partial charge in [0, 0.05) is 25.1 Å². The third-order valence-corrected chi connectivity index (χ3v) is 3.03. The summed E-state index contributed by atoms with van der Waals surface area (Å²) >= 11 is 5.72. The molecule has 18 heavy (non-hydrogen) atoms. The minimum absolute atomic E-state index is 0.0595. The quantitative estimate of drug-likeness (QED) is 0.652. The maximum Gasteiger partial charge on any atom is 0.294 e. The molecule has 0 saturated carbocycles. The highest BCUT2D eigenvalue weighted by Gasteiger charge is 2.35. The van der Waals surface area contributed by atoms with Gasteiger partial charge >= 0.3 is 0 Å². The molecule has 1 amide bonds. The molecule has 0 radical (unpaired) electrons. The smallest absolute Gasteiger partial charge is 0.294 e. The molecule has 1 atom stereocenters. The highest BCUT2D eigenvalue weighted by atomic mass is 35.5.